The Hall–Kier alpha value is -2.49. The van der Waals surface area contributed by atoms with E-state index in [2.05, 4.69) is 39.9 Å². The summed E-state index contributed by atoms with van der Waals surface area (Å²) in [5, 5.41) is 2.96. The van der Waals surface area contributed by atoms with Crippen LogP contribution in [0.3, 0.4) is 0 Å². The number of hydrogen-bond acceptors (Lipinski definition) is 3. The van der Waals surface area contributed by atoms with Crippen molar-refractivity contribution >= 4 is 11.6 Å². The van der Waals surface area contributed by atoms with E-state index in [1.165, 1.54) is 0 Å². The van der Waals surface area contributed by atoms with E-state index in [1.54, 1.807) is 19.2 Å². The van der Waals surface area contributed by atoms with Crippen LogP contribution in [0.5, 0.6) is 11.5 Å². The van der Waals surface area contributed by atoms with Gasteiger partial charge in [-0.2, -0.15) is 0 Å². The molecule has 2 rings (SSSR count). The summed E-state index contributed by atoms with van der Waals surface area (Å²) in [5.41, 5.74) is 2.33. The van der Waals surface area contributed by atoms with Gasteiger partial charge in [-0.25, -0.2) is 0 Å². The molecule has 0 aliphatic carbocycles. The Kier molecular flexibility index (Phi) is 6.30. The molecule has 0 aliphatic rings. The number of amides is 1. The highest BCUT2D eigenvalue weighted by Crippen LogP contribution is 2.31. The van der Waals surface area contributed by atoms with Crippen molar-refractivity contribution in [3.05, 3.63) is 53.6 Å². The summed E-state index contributed by atoms with van der Waals surface area (Å²) in [6.07, 6.45) is 0. The van der Waals surface area contributed by atoms with Gasteiger partial charge in [-0.3, -0.25) is 4.79 Å². The van der Waals surface area contributed by atoms with Crippen LogP contribution in [0.1, 0.15) is 50.5 Å². The molecular weight excluding hydrogens is 326 g/mol. The third-order valence-electron chi connectivity index (χ3n) is 3.99. The number of rotatable bonds is 6. The van der Waals surface area contributed by atoms with Crippen molar-refractivity contribution in [2.45, 2.75) is 40.0 Å². The van der Waals surface area contributed by atoms with Crippen LogP contribution in [0.15, 0.2) is 42.5 Å². The van der Waals surface area contributed by atoms with Gasteiger partial charge < -0.3 is 14.8 Å². The minimum absolute atomic E-state index is 0.0175. The first kappa shape index (κ1) is 19.8. The van der Waals surface area contributed by atoms with Gasteiger partial charge in [0.15, 0.2) is 0 Å². The van der Waals surface area contributed by atoms with Crippen molar-refractivity contribution in [2.24, 2.45) is 5.92 Å². The quantitative estimate of drug-likeness (QED) is 0.767. The smallest absolute Gasteiger partial charge is 0.255 e. The molecule has 0 aliphatic heterocycles. The molecular formula is C22H29NO3. The summed E-state index contributed by atoms with van der Waals surface area (Å²) < 4.78 is 11.1. The first-order valence-electron chi connectivity index (χ1n) is 8.93. The second kappa shape index (κ2) is 8.26. The maximum absolute atomic E-state index is 12.7. The van der Waals surface area contributed by atoms with Gasteiger partial charge in [-0.05, 0) is 47.2 Å². The predicted octanol–water partition coefficient (Wildman–Crippen LogP) is 5.28. The molecule has 2 aromatic rings. The van der Waals surface area contributed by atoms with Crippen LogP contribution in [0.4, 0.5) is 5.69 Å². The standard InChI is InChI=1S/C22H29NO3/c1-15(2)14-26-18-9-7-8-16(12-18)21(24)23-19-13-17(22(3,4)5)10-11-20(19)25-6/h7-13,15H,14H2,1-6H3,(H,23,24). The zero-order valence-corrected chi connectivity index (χ0v) is 16.6. The zero-order chi connectivity index (χ0) is 19.3. The van der Waals surface area contributed by atoms with Gasteiger partial charge in [0.05, 0.1) is 19.4 Å². The van der Waals surface area contributed by atoms with Gasteiger partial charge in [0.2, 0.25) is 0 Å². The van der Waals surface area contributed by atoms with Crippen LogP contribution in [0.25, 0.3) is 0 Å². The van der Waals surface area contributed by atoms with Crippen molar-refractivity contribution in [3.8, 4) is 11.5 Å². The highest BCUT2D eigenvalue weighted by atomic mass is 16.5. The molecule has 0 aromatic heterocycles. The molecule has 0 bridgehead atoms. The Bertz CT molecular complexity index is 760. The van der Waals surface area contributed by atoms with Crippen molar-refractivity contribution in [1.82, 2.24) is 0 Å². The Morgan fingerprint density at radius 3 is 2.46 bits per heavy atom. The van der Waals surface area contributed by atoms with Crippen molar-refractivity contribution < 1.29 is 14.3 Å². The fourth-order valence-electron chi connectivity index (χ4n) is 2.46. The first-order valence-corrected chi connectivity index (χ1v) is 8.93. The third kappa shape index (κ3) is 5.25. The van der Waals surface area contributed by atoms with E-state index in [4.69, 9.17) is 9.47 Å². The van der Waals surface area contributed by atoms with E-state index < -0.39 is 0 Å². The van der Waals surface area contributed by atoms with Crippen LogP contribution in [-0.4, -0.2) is 19.6 Å². The van der Waals surface area contributed by atoms with Crippen LogP contribution in [-0.2, 0) is 5.41 Å². The van der Waals surface area contributed by atoms with Gasteiger partial charge in [-0.1, -0.05) is 46.8 Å². The van der Waals surface area contributed by atoms with E-state index in [-0.39, 0.29) is 11.3 Å². The van der Waals surface area contributed by atoms with Gasteiger partial charge in [-0.15, -0.1) is 0 Å². The van der Waals surface area contributed by atoms with Crippen LogP contribution in [0, 0.1) is 5.92 Å². The van der Waals surface area contributed by atoms with E-state index in [0.717, 1.165) is 5.56 Å². The molecule has 0 radical (unpaired) electrons. The monoisotopic (exact) mass is 355 g/mol. The normalized spacial score (nSPS) is 11.3. The number of methoxy groups -OCH3 is 1. The number of carbonyl (C=O) groups excluding carboxylic acids is 1. The molecule has 2 aromatic carbocycles. The summed E-state index contributed by atoms with van der Waals surface area (Å²) in [4.78, 5) is 12.7. The Balaban J connectivity index is 2.23. The van der Waals surface area contributed by atoms with Gasteiger partial charge in [0.25, 0.3) is 5.91 Å². The van der Waals surface area contributed by atoms with E-state index in [1.807, 2.05) is 30.3 Å². The maximum Gasteiger partial charge on any atom is 0.255 e. The van der Waals surface area contributed by atoms with E-state index >= 15 is 0 Å². The molecule has 4 nitrogen and oxygen atoms in total. The topological polar surface area (TPSA) is 47.6 Å². The van der Waals surface area contributed by atoms with E-state index in [9.17, 15) is 4.79 Å². The van der Waals surface area contributed by atoms with E-state index in [0.29, 0.717) is 35.3 Å². The molecule has 0 saturated carbocycles. The maximum atomic E-state index is 12.7. The van der Waals surface area contributed by atoms with Gasteiger partial charge in [0.1, 0.15) is 11.5 Å². The summed E-state index contributed by atoms with van der Waals surface area (Å²) in [5.74, 6) is 1.57. The number of nitrogens with one attached hydrogen (secondary N) is 1. The SMILES string of the molecule is COc1ccc(C(C)(C)C)cc1NC(=O)c1cccc(OCC(C)C)c1. The minimum Gasteiger partial charge on any atom is -0.495 e. The molecule has 0 saturated heterocycles. The third-order valence-corrected chi connectivity index (χ3v) is 3.99. The van der Waals surface area contributed by atoms with Crippen molar-refractivity contribution in [2.75, 3.05) is 19.0 Å². The zero-order valence-electron chi connectivity index (χ0n) is 16.6. The summed E-state index contributed by atoms with van der Waals surface area (Å²) >= 11 is 0. The molecule has 0 heterocycles. The first-order chi connectivity index (χ1) is 12.2. The molecule has 4 heteroatoms. The molecule has 1 N–H and O–H groups in total. The van der Waals surface area contributed by atoms with Gasteiger partial charge in [0, 0.05) is 5.56 Å². The number of hydrogen-bond donors (Lipinski definition) is 1. The second-order valence-electron chi connectivity index (χ2n) is 7.85. The Labute approximate surface area is 156 Å². The largest absolute Gasteiger partial charge is 0.495 e. The molecule has 1 amide bonds. The molecule has 140 valence electrons. The van der Waals surface area contributed by atoms with Crippen molar-refractivity contribution in [1.29, 1.82) is 0 Å². The summed E-state index contributed by atoms with van der Waals surface area (Å²) in [6.45, 7) is 11.2. The summed E-state index contributed by atoms with van der Waals surface area (Å²) in [7, 11) is 1.60. The second-order valence-corrected chi connectivity index (χ2v) is 7.85. The van der Waals surface area contributed by atoms with Gasteiger partial charge >= 0.3 is 0 Å². The Morgan fingerprint density at radius 2 is 1.85 bits per heavy atom. The molecule has 0 unspecified atom stereocenters. The highest BCUT2D eigenvalue weighted by Gasteiger charge is 2.17. The summed E-state index contributed by atoms with van der Waals surface area (Å²) in [6, 6.07) is 13.1. The number of ether oxygens (including phenoxy) is 2. The molecule has 0 atom stereocenters. The number of carbonyl (C=O) groups is 1. The molecule has 0 spiro atoms. The molecule has 0 fully saturated rings. The highest BCUT2D eigenvalue weighted by molar-refractivity contribution is 6.05. The molecule has 26 heavy (non-hydrogen) atoms. The predicted molar refractivity (Wildman–Crippen MR) is 106 cm³/mol. The minimum atomic E-state index is -0.190. The fraction of sp³-hybridized carbons (Fsp3) is 0.409. The van der Waals surface area contributed by atoms with Crippen LogP contribution < -0.4 is 14.8 Å². The lowest BCUT2D eigenvalue weighted by Gasteiger charge is -2.21. The van der Waals surface area contributed by atoms with Crippen molar-refractivity contribution in [3.63, 3.8) is 0 Å². The average Bonchev–Trinajstić information content (AvgIpc) is 2.59. The Morgan fingerprint density at radius 1 is 1.12 bits per heavy atom. The number of anilines is 1. The lowest BCUT2D eigenvalue weighted by atomic mass is 9.87. The van der Waals surface area contributed by atoms with Crippen LogP contribution in [0.2, 0.25) is 0 Å². The van der Waals surface area contributed by atoms with Crippen LogP contribution >= 0.6 is 0 Å². The lowest BCUT2D eigenvalue weighted by Crippen LogP contribution is -2.15. The number of benzene rings is 2. The lowest BCUT2D eigenvalue weighted by molar-refractivity contribution is 0.102. The fourth-order valence-corrected chi connectivity index (χ4v) is 2.46. The average molecular weight is 355 g/mol.